The van der Waals surface area contributed by atoms with Gasteiger partial charge in [-0.1, -0.05) is 13.0 Å². The first-order valence-electron chi connectivity index (χ1n) is 12.3. The Hall–Kier alpha value is -3.72. The van der Waals surface area contributed by atoms with Gasteiger partial charge in [-0.25, -0.2) is 19.9 Å². The molecule has 0 spiro atoms. The van der Waals surface area contributed by atoms with Crippen LogP contribution in [-0.2, 0) is 4.74 Å². The second-order valence-corrected chi connectivity index (χ2v) is 9.62. The van der Waals surface area contributed by atoms with Crippen LogP contribution in [0.4, 0.5) is 17.5 Å². The largest absolute Gasteiger partial charge is 0.492 e. The third kappa shape index (κ3) is 4.97. The van der Waals surface area contributed by atoms with Crippen LogP contribution in [0.1, 0.15) is 37.6 Å². The van der Waals surface area contributed by atoms with E-state index in [1.807, 2.05) is 58.2 Å². The first-order valence-corrected chi connectivity index (χ1v) is 12.3. The summed E-state index contributed by atoms with van der Waals surface area (Å²) < 4.78 is 17.1. The average Bonchev–Trinajstić information content (AvgIpc) is 3.43. The van der Waals surface area contributed by atoms with E-state index in [4.69, 9.17) is 23.9 Å². The van der Waals surface area contributed by atoms with Gasteiger partial charge in [0.2, 0.25) is 5.95 Å². The molecule has 0 radical (unpaired) electrons. The molecule has 9 heteroatoms. The molecule has 1 aliphatic rings. The summed E-state index contributed by atoms with van der Waals surface area (Å²) in [7, 11) is 0. The Morgan fingerprint density at radius 3 is 2.69 bits per heavy atom. The van der Waals surface area contributed by atoms with Gasteiger partial charge in [0.05, 0.1) is 18.9 Å². The van der Waals surface area contributed by atoms with E-state index >= 15 is 0 Å². The van der Waals surface area contributed by atoms with Crippen molar-refractivity contribution in [2.45, 2.75) is 41.0 Å². The molecular formula is C27H32N6O3. The zero-order valence-electron chi connectivity index (χ0n) is 21.4. The van der Waals surface area contributed by atoms with Crippen LogP contribution in [0.2, 0.25) is 0 Å². The maximum atomic E-state index is 5.94. The molecule has 3 aromatic heterocycles. The Kier molecular flexibility index (Phi) is 6.49. The van der Waals surface area contributed by atoms with Crippen molar-refractivity contribution in [2.75, 3.05) is 37.0 Å². The predicted octanol–water partition coefficient (Wildman–Crippen LogP) is 5.59. The zero-order chi connectivity index (χ0) is 25.3. The van der Waals surface area contributed by atoms with Crippen molar-refractivity contribution in [2.24, 2.45) is 5.41 Å². The van der Waals surface area contributed by atoms with Crippen LogP contribution in [0.5, 0.6) is 5.75 Å². The van der Waals surface area contributed by atoms with Gasteiger partial charge < -0.3 is 24.5 Å². The number of aromatic nitrogens is 4. The smallest absolute Gasteiger partial charge is 0.227 e. The topological polar surface area (TPSA) is 107 Å². The van der Waals surface area contributed by atoms with E-state index in [0.29, 0.717) is 24.2 Å². The lowest BCUT2D eigenvalue weighted by molar-refractivity contribution is 0.164. The average molecular weight is 489 g/mol. The number of fused-ring (bicyclic) bond motifs is 1. The molecular weight excluding hydrogens is 456 g/mol. The standard InChI is InChI=1S/C27H32N6O3/c1-6-35-22-12-19(23-17(3)36-18(4)31-23)7-8-21(22)32-26-28-13-20-11-16(2)30-25(24(20)33-26)29-14-27(5)9-10-34-15-27/h7-8,11-13H,6,9-10,14-15H2,1-5H3,(H,29,30)(H,28,32,33). The number of aryl methyl sites for hydroxylation is 3. The van der Waals surface area contributed by atoms with Gasteiger partial charge in [-0.2, -0.15) is 0 Å². The minimum atomic E-state index is 0.0841. The Morgan fingerprint density at radius 2 is 1.97 bits per heavy atom. The number of rotatable bonds is 8. The minimum Gasteiger partial charge on any atom is -0.492 e. The van der Waals surface area contributed by atoms with E-state index in [9.17, 15) is 0 Å². The number of nitrogens with one attached hydrogen (secondary N) is 2. The summed E-state index contributed by atoms with van der Waals surface area (Å²) in [5.41, 5.74) is 4.26. The molecule has 1 atom stereocenters. The second kappa shape index (κ2) is 9.73. The van der Waals surface area contributed by atoms with Gasteiger partial charge in [0, 0.05) is 48.3 Å². The molecule has 4 aromatic rings. The highest BCUT2D eigenvalue weighted by Crippen LogP contribution is 2.34. The molecule has 5 rings (SSSR count). The Labute approximate surface area is 210 Å². The summed E-state index contributed by atoms with van der Waals surface area (Å²) in [6, 6.07) is 7.88. The third-order valence-corrected chi connectivity index (χ3v) is 6.38. The molecule has 0 saturated carbocycles. The molecule has 1 aliphatic heterocycles. The quantitative estimate of drug-likeness (QED) is 0.328. The Bertz CT molecular complexity index is 1390. The lowest BCUT2D eigenvalue weighted by atomic mass is 9.90. The maximum absolute atomic E-state index is 5.94. The van der Waals surface area contributed by atoms with Gasteiger partial charge in [-0.15, -0.1) is 0 Å². The number of oxazole rings is 1. The van der Waals surface area contributed by atoms with Gasteiger partial charge in [0.25, 0.3) is 0 Å². The maximum Gasteiger partial charge on any atom is 0.227 e. The third-order valence-electron chi connectivity index (χ3n) is 6.38. The van der Waals surface area contributed by atoms with Gasteiger partial charge in [-0.05, 0) is 45.4 Å². The van der Waals surface area contributed by atoms with Crippen molar-refractivity contribution < 1.29 is 13.9 Å². The number of benzene rings is 1. The fraction of sp³-hybridized carbons (Fsp3) is 0.407. The van der Waals surface area contributed by atoms with Crippen LogP contribution in [0, 0.1) is 26.2 Å². The number of pyridine rings is 1. The van der Waals surface area contributed by atoms with Crippen molar-refractivity contribution >= 4 is 28.4 Å². The van der Waals surface area contributed by atoms with E-state index in [0.717, 1.165) is 71.3 Å². The summed E-state index contributed by atoms with van der Waals surface area (Å²) in [6.07, 6.45) is 2.84. The molecule has 0 bridgehead atoms. The summed E-state index contributed by atoms with van der Waals surface area (Å²) >= 11 is 0. The van der Waals surface area contributed by atoms with E-state index < -0.39 is 0 Å². The monoisotopic (exact) mass is 488 g/mol. The number of anilines is 3. The van der Waals surface area contributed by atoms with Gasteiger partial charge in [0.1, 0.15) is 22.7 Å². The summed E-state index contributed by atoms with van der Waals surface area (Å²) in [4.78, 5) is 18.6. The van der Waals surface area contributed by atoms with Crippen LogP contribution in [0.25, 0.3) is 22.2 Å². The van der Waals surface area contributed by atoms with E-state index in [-0.39, 0.29) is 5.41 Å². The second-order valence-electron chi connectivity index (χ2n) is 9.62. The highest BCUT2D eigenvalue weighted by Gasteiger charge is 2.29. The molecule has 188 valence electrons. The molecule has 1 unspecified atom stereocenters. The first kappa shape index (κ1) is 24.0. The Balaban J connectivity index is 1.45. The molecule has 0 aliphatic carbocycles. The predicted molar refractivity (Wildman–Crippen MR) is 140 cm³/mol. The van der Waals surface area contributed by atoms with Gasteiger partial charge in [0.15, 0.2) is 11.7 Å². The lowest BCUT2D eigenvalue weighted by Gasteiger charge is -2.22. The van der Waals surface area contributed by atoms with Gasteiger partial charge in [-0.3, -0.25) is 0 Å². The fourth-order valence-corrected chi connectivity index (χ4v) is 4.47. The van der Waals surface area contributed by atoms with Gasteiger partial charge >= 0.3 is 0 Å². The van der Waals surface area contributed by atoms with Crippen LogP contribution in [-0.4, -0.2) is 46.3 Å². The van der Waals surface area contributed by atoms with Crippen molar-refractivity contribution in [1.82, 2.24) is 19.9 Å². The van der Waals surface area contributed by atoms with E-state index in [2.05, 4.69) is 27.5 Å². The number of hydrogen-bond acceptors (Lipinski definition) is 9. The number of ether oxygens (including phenoxy) is 2. The van der Waals surface area contributed by atoms with Crippen LogP contribution >= 0.6 is 0 Å². The zero-order valence-corrected chi connectivity index (χ0v) is 21.4. The fourth-order valence-electron chi connectivity index (χ4n) is 4.47. The van der Waals surface area contributed by atoms with Crippen LogP contribution < -0.4 is 15.4 Å². The molecule has 1 fully saturated rings. The number of nitrogens with zero attached hydrogens (tertiary/aromatic N) is 4. The lowest BCUT2D eigenvalue weighted by Crippen LogP contribution is -2.27. The van der Waals surface area contributed by atoms with Crippen LogP contribution in [0.15, 0.2) is 34.9 Å². The van der Waals surface area contributed by atoms with Crippen molar-refractivity contribution in [3.63, 3.8) is 0 Å². The van der Waals surface area contributed by atoms with E-state index in [1.54, 1.807) is 0 Å². The minimum absolute atomic E-state index is 0.0841. The summed E-state index contributed by atoms with van der Waals surface area (Å²) in [6.45, 7) is 12.7. The highest BCUT2D eigenvalue weighted by atomic mass is 16.5. The molecule has 9 nitrogen and oxygen atoms in total. The molecule has 36 heavy (non-hydrogen) atoms. The first-order chi connectivity index (χ1) is 17.3. The molecule has 4 heterocycles. The van der Waals surface area contributed by atoms with Crippen LogP contribution in [0.3, 0.4) is 0 Å². The van der Waals surface area contributed by atoms with Crippen molar-refractivity contribution in [3.8, 4) is 17.0 Å². The van der Waals surface area contributed by atoms with Crippen molar-refractivity contribution in [1.29, 1.82) is 0 Å². The Morgan fingerprint density at radius 1 is 1.11 bits per heavy atom. The normalized spacial score (nSPS) is 17.5. The molecule has 1 saturated heterocycles. The number of hydrogen-bond donors (Lipinski definition) is 2. The SMILES string of the molecule is CCOc1cc(-c2nc(C)oc2C)ccc1Nc1ncc2cc(C)nc(NCC3(C)CCOC3)c2n1. The molecule has 0 amide bonds. The molecule has 1 aromatic carbocycles. The van der Waals surface area contributed by atoms with Crippen molar-refractivity contribution in [3.05, 3.63) is 47.8 Å². The molecule has 2 N–H and O–H groups in total. The highest BCUT2D eigenvalue weighted by molar-refractivity contribution is 5.89. The summed E-state index contributed by atoms with van der Waals surface area (Å²) in [5.74, 6) is 3.31. The summed E-state index contributed by atoms with van der Waals surface area (Å²) in [5, 5.41) is 7.78. The van der Waals surface area contributed by atoms with E-state index in [1.165, 1.54) is 0 Å².